The van der Waals surface area contributed by atoms with Gasteiger partial charge in [-0.1, -0.05) is 18.2 Å². The first-order valence-electron chi connectivity index (χ1n) is 9.69. The van der Waals surface area contributed by atoms with Crippen molar-refractivity contribution in [2.24, 2.45) is 0 Å². The predicted molar refractivity (Wildman–Crippen MR) is 107 cm³/mol. The maximum absolute atomic E-state index is 12.7. The summed E-state index contributed by atoms with van der Waals surface area (Å²) in [6, 6.07) is 14.7. The molecule has 0 unspecified atom stereocenters. The summed E-state index contributed by atoms with van der Waals surface area (Å²) < 4.78 is 0. The van der Waals surface area contributed by atoms with Gasteiger partial charge < -0.3 is 15.1 Å². The number of hydrogen-bond acceptors (Lipinski definition) is 3. The van der Waals surface area contributed by atoms with Gasteiger partial charge >= 0.3 is 0 Å². The molecule has 2 heterocycles. The van der Waals surface area contributed by atoms with Crippen molar-refractivity contribution in [2.45, 2.75) is 32.2 Å². The van der Waals surface area contributed by atoms with E-state index < -0.39 is 0 Å². The standard InChI is InChI=1S/C22H23N3O3/c26-20-9-3-11-24(20)15-16-5-1-7-18(13-16)23-22(28)17-6-2-8-19(14-17)25-12-4-10-21(25)27/h1-2,5-8,13-14H,3-4,9-12,15H2,(H,23,28). The number of nitrogens with one attached hydrogen (secondary N) is 1. The minimum Gasteiger partial charge on any atom is -0.338 e. The van der Waals surface area contributed by atoms with Crippen LogP contribution in [0, 0.1) is 0 Å². The van der Waals surface area contributed by atoms with Gasteiger partial charge in [0.05, 0.1) is 0 Å². The van der Waals surface area contributed by atoms with Crippen LogP contribution in [0.2, 0.25) is 0 Å². The monoisotopic (exact) mass is 377 g/mol. The molecule has 6 heteroatoms. The van der Waals surface area contributed by atoms with Crippen LogP contribution in [0.25, 0.3) is 0 Å². The lowest BCUT2D eigenvalue weighted by atomic mass is 10.1. The molecule has 1 N–H and O–H groups in total. The van der Waals surface area contributed by atoms with Crippen LogP contribution in [0.5, 0.6) is 0 Å². The Hall–Kier alpha value is -3.15. The topological polar surface area (TPSA) is 69.7 Å². The second-order valence-electron chi connectivity index (χ2n) is 7.27. The lowest BCUT2D eigenvalue weighted by Crippen LogP contribution is -2.24. The maximum atomic E-state index is 12.7. The molecule has 144 valence electrons. The molecule has 3 amide bonds. The number of anilines is 2. The van der Waals surface area contributed by atoms with E-state index in [1.165, 1.54) is 0 Å². The molecule has 2 aromatic carbocycles. The van der Waals surface area contributed by atoms with E-state index in [-0.39, 0.29) is 17.7 Å². The summed E-state index contributed by atoms with van der Waals surface area (Å²) in [7, 11) is 0. The van der Waals surface area contributed by atoms with Crippen molar-refractivity contribution in [3.8, 4) is 0 Å². The first-order chi connectivity index (χ1) is 13.6. The molecule has 0 bridgehead atoms. The number of benzene rings is 2. The van der Waals surface area contributed by atoms with Crippen LogP contribution in [0.15, 0.2) is 48.5 Å². The molecule has 4 rings (SSSR count). The third-order valence-electron chi connectivity index (χ3n) is 5.22. The van der Waals surface area contributed by atoms with Crippen LogP contribution in [0.3, 0.4) is 0 Å². The van der Waals surface area contributed by atoms with Gasteiger partial charge in [-0.25, -0.2) is 0 Å². The van der Waals surface area contributed by atoms with Crippen LogP contribution in [0.4, 0.5) is 11.4 Å². The summed E-state index contributed by atoms with van der Waals surface area (Å²) in [6.07, 6.45) is 2.93. The van der Waals surface area contributed by atoms with Crippen molar-refractivity contribution < 1.29 is 14.4 Å². The molecule has 0 spiro atoms. The number of likely N-dealkylation sites (tertiary alicyclic amines) is 1. The first-order valence-corrected chi connectivity index (χ1v) is 9.69. The maximum Gasteiger partial charge on any atom is 0.255 e. The molecule has 2 saturated heterocycles. The number of rotatable bonds is 5. The SMILES string of the molecule is O=C(Nc1cccc(CN2CCCC2=O)c1)c1cccc(N2CCCC2=O)c1. The molecule has 2 aliphatic rings. The number of hydrogen-bond donors (Lipinski definition) is 1. The molecule has 0 saturated carbocycles. The van der Waals surface area contributed by atoms with Crippen LogP contribution in [-0.4, -0.2) is 35.7 Å². The summed E-state index contributed by atoms with van der Waals surface area (Å²) in [5.41, 5.74) is 2.95. The molecule has 0 aliphatic carbocycles. The van der Waals surface area contributed by atoms with Crippen molar-refractivity contribution in [3.63, 3.8) is 0 Å². The lowest BCUT2D eigenvalue weighted by Gasteiger charge is -2.17. The quantitative estimate of drug-likeness (QED) is 0.870. The van der Waals surface area contributed by atoms with E-state index in [4.69, 9.17) is 0 Å². The molecule has 0 atom stereocenters. The fourth-order valence-corrected chi connectivity index (χ4v) is 3.78. The smallest absolute Gasteiger partial charge is 0.255 e. The molecule has 28 heavy (non-hydrogen) atoms. The van der Waals surface area contributed by atoms with E-state index in [9.17, 15) is 14.4 Å². The minimum atomic E-state index is -0.220. The van der Waals surface area contributed by atoms with Crippen molar-refractivity contribution in [1.29, 1.82) is 0 Å². The number of carbonyl (C=O) groups is 3. The highest BCUT2D eigenvalue weighted by Crippen LogP contribution is 2.23. The number of carbonyl (C=O) groups excluding carboxylic acids is 3. The zero-order valence-corrected chi connectivity index (χ0v) is 15.7. The van der Waals surface area contributed by atoms with E-state index in [0.29, 0.717) is 37.2 Å². The average molecular weight is 377 g/mol. The Balaban J connectivity index is 1.46. The van der Waals surface area contributed by atoms with E-state index in [2.05, 4.69) is 5.32 Å². The number of amides is 3. The molecular weight excluding hydrogens is 354 g/mol. The summed E-state index contributed by atoms with van der Waals surface area (Å²) in [6.45, 7) is 2.05. The van der Waals surface area contributed by atoms with E-state index in [1.54, 1.807) is 23.1 Å². The highest BCUT2D eigenvalue weighted by atomic mass is 16.2. The Labute approximate surface area is 164 Å². The molecular formula is C22H23N3O3. The summed E-state index contributed by atoms with van der Waals surface area (Å²) in [5, 5.41) is 2.92. The van der Waals surface area contributed by atoms with Gasteiger partial charge in [0, 0.05) is 49.4 Å². The fraction of sp³-hybridized carbons (Fsp3) is 0.318. The Morgan fingerprint density at radius 3 is 2.46 bits per heavy atom. The van der Waals surface area contributed by atoms with Crippen molar-refractivity contribution in [2.75, 3.05) is 23.3 Å². The van der Waals surface area contributed by atoms with Gasteiger partial charge in [0.1, 0.15) is 0 Å². The predicted octanol–water partition coefficient (Wildman–Crippen LogP) is 3.19. The first kappa shape index (κ1) is 18.2. The van der Waals surface area contributed by atoms with Crippen LogP contribution in [-0.2, 0) is 16.1 Å². The molecule has 2 fully saturated rings. The van der Waals surface area contributed by atoms with Gasteiger partial charge in [-0.15, -0.1) is 0 Å². The number of nitrogens with zero attached hydrogens (tertiary/aromatic N) is 2. The van der Waals surface area contributed by atoms with Gasteiger partial charge in [0.2, 0.25) is 11.8 Å². The Bertz CT molecular complexity index is 925. The normalized spacial score (nSPS) is 16.7. The van der Waals surface area contributed by atoms with E-state index >= 15 is 0 Å². The Morgan fingerprint density at radius 1 is 0.929 bits per heavy atom. The molecule has 0 aromatic heterocycles. The second kappa shape index (κ2) is 7.84. The van der Waals surface area contributed by atoms with Gasteiger partial charge in [-0.05, 0) is 48.7 Å². The second-order valence-corrected chi connectivity index (χ2v) is 7.27. The largest absolute Gasteiger partial charge is 0.338 e. The average Bonchev–Trinajstić information content (AvgIpc) is 3.30. The van der Waals surface area contributed by atoms with Gasteiger partial charge in [-0.3, -0.25) is 14.4 Å². The molecule has 2 aromatic rings. The zero-order chi connectivity index (χ0) is 19.5. The van der Waals surface area contributed by atoms with Gasteiger partial charge in [0.25, 0.3) is 5.91 Å². The summed E-state index contributed by atoms with van der Waals surface area (Å²) in [5.74, 6) is 0.0623. The van der Waals surface area contributed by atoms with Crippen LogP contribution >= 0.6 is 0 Å². The Kier molecular flexibility index (Phi) is 5.10. The highest BCUT2D eigenvalue weighted by Gasteiger charge is 2.22. The van der Waals surface area contributed by atoms with Gasteiger partial charge in [-0.2, -0.15) is 0 Å². The van der Waals surface area contributed by atoms with Gasteiger partial charge in [0.15, 0.2) is 0 Å². The third kappa shape index (κ3) is 3.91. The third-order valence-corrected chi connectivity index (χ3v) is 5.22. The lowest BCUT2D eigenvalue weighted by molar-refractivity contribution is -0.128. The summed E-state index contributed by atoms with van der Waals surface area (Å²) in [4.78, 5) is 40.0. The molecule has 2 aliphatic heterocycles. The van der Waals surface area contributed by atoms with E-state index in [0.717, 1.165) is 30.6 Å². The fourth-order valence-electron chi connectivity index (χ4n) is 3.78. The highest BCUT2D eigenvalue weighted by molar-refractivity contribution is 6.05. The zero-order valence-electron chi connectivity index (χ0n) is 15.7. The van der Waals surface area contributed by atoms with Crippen molar-refractivity contribution >= 4 is 29.1 Å². The van der Waals surface area contributed by atoms with Crippen molar-refractivity contribution in [3.05, 3.63) is 59.7 Å². The summed E-state index contributed by atoms with van der Waals surface area (Å²) >= 11 is 0. The molecule has 0 radical (unpaired) electrons. The minimum absolute atomic E-state index is 0.0988. The van der Waals surface area contributed by atoms with Crippen LogP contribution < -0.4 is 10.2 Å². The van der Waals surface area contributed by atoms with Crippen molar-refractivity contribution in [1.82, 2.24) is 4.90 Å². The Morgan fingerprint density at radius 2 is 1.71 bits per heavy atom. The molecule has 6 nitrogen and oxygen atoms in total. The van der Waals surface area contributed by atoms with E-state index in [1.807, 2.05) is 35.2 Å². The van der Waals surface area contributed by atoms with Crippen LogP contribution in [0.1, 0.15) is 41.6 Å².